The third-order valence-corrected chi connectivity index (χ3v) is 8.26. The maximum absolute atomic E-state index is 12.5. The van der Waals surface area contributed by atoms with Gasteiger partial charge in [0.05, 0.1) is 11.6 Å². The topological polar surface area (TPSA) is 111 Å². The molecule has 10 heteroatoms. The second-order valence-corrected chi connectivity index (χ2v) is 11.9. The van der Waals surface area contributed by atoms with Crippen molar-refractivity contribution in [2.24, 2.45) is 0 Å². The number of rotatable bonds is 6. The molecule has 5 rings (SSSR count). The summed E-state index contributed by atoms with van der Waals surface area (Å²) in [5.74, 6) is 1.14. The molecule has 1 N–H and O–H groups in total. The van der Waals surface area contributed by atoms with Crippen LogP contribution in [0.4, 0.5) is 4.79 Å². The summed E-state index contributed by atoms with van der Waals surface area (Å²) in [6.07, 6.45) is 9.43. The van der Waals surface area contributed by atoms with Crippen molar-refractivity contribution in [2.75, 3.05) is 7.05 Å². The molecule has 2 aliphatic rings. The van der Waals surface area contributed by atoms with Crippen molar-refractivity contribution in [1.82, 2.24) is 19.9 Å². The quantitative estimate of drug-likeness (QED) is 0.466. The van der Waals surface area contributed by atoms with Crippen LogP contribution in [0.15, 0.2) is 23.2 Å². The average molecular weight is 515 g/mol. The Balaban J connectivity index is 1.27. The van der Waals surface area contributed by atoms with Gasteiger partial charge in [-0.25, -0.2) is 19.7 Å². The molecule has 1 fully saturated rings. The third-order valence-electron chi connectivity index (χ3n) is 7.09. The van der Waals surface area contributed by atoms with Crippen LogP contribution in [0.5, 0.6) is 5.88 Å². The predicted molar refractivity (Wildman–Crippen MR) is 135 cm³/mol. The van der Waals surface area contributed by atoms with Crippen molar-refractivity contribution in [3.63, 3.8) is 0 Å². The van der Waals surface area contributed by atoms with Crippen LogP contribution in [0.1, 0.15) is 87.6 Å². The Morgan fingerprint density at radius 3 is 2.69 bits per heavy atom. The zero-order valence-electron chi connectivity index (χ0n) is 21.3. The molecule has 1 unspecified atom stereocenters. The van der Waals surface area contributed by atoms with Crippen LogP contribution in [0.3, 0.4) is 0 Å². The van der Waals surface area contributed by atoms with Gasteiger partial charge in [0.25, 0.3) is 0 Å². The van der Waals surface area contributed by atoms with Crippen molar-refractivity contribution in [3.05, 3.63) is 35.1 Å². The fourth-order valence-corrected chi connectivity index (χ4v) is 6.56. The van der Waals surface area contributed by atoms with Gasteiger partial charge in [0.15, 0.2) is 0 Å². The first kappa shape index (κ1) is 25.0. The lowest BCUT2D eigenvalue weighted by Gasteiger charge is -2.35. The highest BCUT2D eigenvalue weighted by Crippen LogP contribution is 2.48. The number of aliphatic hydroxyl groups excluding tert-OH is 1. The van der Waals surface area contributed by atoms with Crippen LogP contribution in [-0.2, 0) is 11.2 Å². The van der Waals surface area contributed by atoms with E-state index < -0.39 is 11.7 Å². The van der Waals surface area contributed by atoms with Gasteiger partial charge in [0.1, 0.15) is 35.2 Å². The van der Waals surface area contributed by atoms with Crippen molar-refractivity contribution in [1.29, 1.82) is 0 Å². The van der Waals surface area contributed by atoms with E-state index in [1.807, 2.05) is 27.8 Å². The summed E-state index contributed by atoms with van der Waals surface area (Å²) in [4.78, 5) is 29.6. The normalized spacial score (nSPS) is 22.9. The zero-order valence-corrected chi connectivity index (χ0v) is 22.1. The first-order chi connectivity index (χ1) is 17.2. The lowest BCUT2D eigenvalue weighted by Crippen LogP contribution is -2.43. The number of aliphatic hydroxyl groups is 1. The van der Waals surface area contributed by atoms with E-state index in [1.165, 1.54) is 16.7 Å². The van der Waals surface area contributed by atoms with E-state index in [-0.39, 0.29) is 24.2 Å². The molecule has 1 saturated carbocycles. The number of hydrogen-bond donors (Lipinski definition) is 1. The molecule has 0 aliphatic heterocycles. The molecule has 194 valence electrons. The Morgan fingerprint density at radius 2 is 2.00 bits per heavy atom. The SMILES string of the molecule is CN(C(=O)OC(C)(C)C)C1CCC(Oc2ncnc3sc4c(c23)[C@@H](CC(O)c2ncco2)CC4)CC1. The molecule has 0 saturated heterocycles. The summed E-state index contributed by atoms with van der Waals surface area (Å²) in [5, 5.41) is 11.6. The smallest absolute Gasteiger partial charge is 0.410 e. The summed E-state index contributed by atoms with van der Waals surface area (Å²) in [6.45, 7) is 5.64. The summed E-state index contributed by atoms with van der Waals surface area (Å²) in [5.41, 5.74) is 0.697. The third kappa shape index (κ3) is 5.20. The van der Waals surface area contributed by atoms with Crippen molar-refractivity contribution in [3.8, 4) is 5.88 Å². The summed E-state index contributed by atoms with van der Waals surface area (Å²) < 4.78 is 17.3. The number of oxazole rings is 1. The molecular formula is C26H34N4O5S. The van der Waals surface area contributed by atoms with Gasteiger partial charge in [-0.3, -0.25) is 0 Å². The monoisotopic (exact) mass is 514 g/mol. The minimum Gasteiger partial charge on any atom is -0.474 e. The number of nitrogens with zero attached hydrogens (tertiary/aromatic N) is 4. The van der Waals surface area contributed by atoms with Gasteiger partial charge in [-0.1, -0.05) is 0 Å². The van der Waals surface area contributed by atoms with Gasteiger partial charge in [-0.05, 0) is 77.2 Å². The highest BCUT2D eigenvalue weighted by Gasteiger charge is 2.34. The predicted octanol–water partition coefficient (Wildman–Crippen LogP) is 5.39. The molecule has 9 nitrogen and oxygen atoms in total. The molecule has 0 aromatic carbocycles. The molecule has 3 heterocycles. The van der Waals surface area contributed by atoms with E-state index in [4.69, 9.17) is 13.9 Å². The number of carbonyl (C=O) groups excluding carboxylic acids is 1. The molecule has 1 amide bonds. The lowest BCUT2D eigenvalue weighted by atomic mass is 9.92. The van der Waals surface area contributed by atoms with E-state index in [1.54, 1.807) is 28.8 Å². The fraction of sp³-hybridized carbons (Fsp3) is 0.615. The van der Waals surface area contributed by atoms with E-state index in [0.717, 1.165) is 48.7 Å². The fourth-order valence-electron chi connectivity index (χ4n) is 5.33. The number of ether oxygens (including phenoxy) is 2. The minimum absolute atomic E-state index is 0.0275. The number of thiophene rings is 1. The number of hydrogen-bond acceptors (Lipinski definition) is 9. The highest BCUT2D eigenvalue weighted by atomic mass is 32.1. The number of amides is 1. The summed E-state index contributed by atoms with van der Waals surface area (Å²) in [6, 6.07) is 0.136. The van der Waals surface area contributed by atoms with Crippen molar-refractivity contribution < 1.29 is 23.8 Å². The number of fused-ring (bicyclic) bond motifs is 3. The van der Waals surface area contributed by atoms with Crippen molar-refractivity contribution in [2.45, 2.75) is 95.5 Å². The van der Waals surface area contributed by atoms with Crippen LogP contribution < -0.4 is 4.74 Å². The minimum atomic E-state index is -0.753. The number of aryl methyl sites for hydroxylation is 1. The molecule has 3 aromatic heterocycles. The summed E-state index contributed by atoms with van der Waals surface area (Å²) >= 11 is 1.69. The molecule has 2 atom stereocenters. The van der Waals surface area contributed by atoms with E-state index >= 15 is 0 Å². The second-order valence-electron chi connectivity index (χ2n) is 10.8. The second kappa shape index (κ2) is 9.97. The van der Waals surface area contributed by atoms with Crippen LogP contribution in [0.25, 0.3) is 10.2 Å². The molecule has 2 aliphatic carbocycles. The Labute approximate surface area is 214 Å². The van der Waals surface area contributed by atoms with Gasteiger partial charge < -0.3 is 23.9 Å². The maximum atomic E-state index is 12.5. The van der Waals surface area contributed by atoms with E-state index in [0.29, 0.717) is 18.2 Å². The molecule has 0 spiro atoms. The lowest BCUT2D eigenvalue weighted by molar-refractivity contribution is 0.0137. The van der Waals surface area contributed by atoms with Crippen LogP contribution in [-0.4, -0.2) is 55.8 Å². The highest BCUT2D eigenvalue weighted by molar-refractivity contribution is 7.19. The largest absolute Gasteiger partial charge is 0.474 e. The van der Waals surface area contributed by atoms with Crippen LogP contribution >= 0.6 is 11.3 Å². The van der Waals surface area contributed by atoms with E-state index in [2.05, 4.69) is 15.0 Å². The summed E-state index contributed by atoms with van der Waals surface area (Å²) in [7, 11) is 1.81. The van der Waals surface area contributed by atoms with Crippen LogP contribution in [0.2, 0.25) is 0 Å². The van der Waals surface area contributed by atoms with Gasteiger partial charge in [-0.2, -0.15) is 0 Å². The maximum Gasteiger partial charge on any atom is 0.410 e. The van der Waals surface area contributed by atoms with Crippen molar-refractivity contribution >= 4 is 27.6 Å². The van der Waals surface area contributed by atoms with Gasteiger partial charge >= 0.3 is 6.09 Å². The average Bonchev–Trinajstić information content (AvgIpc) is 3.56. The molecule has 0 bridgehead atoms. The Bertz CT molecular complexity index is 1200. The number of carbonyl (C=O) groups is 1. The molecule has 36 heavy (non-hydrogen) atoms. The van der Waals surface area contributed by atoms with Gasteiger partial charge in [0.2, 0.25) is 11.8 Å². The van der Waals surface area contributed by atoms with Gasteiger partial charge in [0, 0.05) is 18.0 Å². The van der Waals surface area contributed by atoms with Gasteiger partial charge in [-0.15, -0.1) is 11.3 Å². The first-order valence-corrected chi connectivity index (χ1v) is 13.5. The molecule has 3 aromatic rings. The number of aromatic nitrogens is 3. The molecular weight excluding hydrogens is 480 g/mol. The standard InChI is InChI=1S/C26H34N4O5S/c1-26(2,3)35-25(32)30(4)16-6-8-17(9-7-16)34-23-21-20-15(13-18(31)22-27-11-12-33-22)5-10-19(20)36-24(21)29-14-28-23/h11-12,14-18,31H,5-10,13H2,1-4H3/t15-,16?,17?,18?/m1/s1. The first-order valence-electron chi connectivity index (χ1n) is 12.7. The zero-order chi connectivity index (χ0) is 25.4. The Morgan fingerprint density at radius 1 is 1.22 bits per heavy atom. The van der Waals surface area contributed by atoms with Crippen LogP contribution in [0, 0.1) is 0 Å². The van der Waals surface area contributed by atoms with E-state index in [9.17, 15) is 9.90 Å². The Kier molecular flexibility index (Phi) is 6.91. The Hall–Kier alpha value is -2.72. The molecule has 0 radical (unpaired) electrons.